The third-order valence-electron chi connectivity index (χ3n) is 15.2. The van der Waals surface area contributed by atoms with Crippen LogP contribution < -0.4 is 9.80 Å². The van der Waals surface area contributed by atoms with E-state index in [9.17, 15) is 0 Å². The van der Waals surface area contributed by atoms with Crippen molar-refractivity contribution in [1.82, 2.24) is 0 Å². The summed E-state index contributed by atoms with van der Waals surface area (Å²) in [7, 11) is 0. The van der Waals surface area contributed by atoms with Crippen LogP contribution in [0.2, 0.25) is 0 Å². The predicted octanol–water partition coefficient (Wildman–Crippen LogP) is 21.1. The van der Waals surface area contributed by atoms with Crippen molar-refractivity contribution in [2.24, 2.45) is 0 Å². The molecule has 3 aromatic heterocycles. The van der Waals surface area contributed by atoms with E-state index in [1.54, 1.807) is 11.3 Å². The van der Waals surface area contributed by atoms with E-state index in [2.05, 4.69) is 262 Å². The molecule has 0 fully saturated rings. The summed E-state index contributed by atoms with van der Waals surface area (Å²) in [5, 5.41) is 12.0. The second-order valence-corrected chi connectivity index (χ2v) is 25.2. The summed E-state index contributed by atoms with van der Waals surface area (Å²) in [6.07, 6.45) is 0. The van der Waals surface area contributed by atoms with E-state index in [-0.39, 0.29) is 21.7 Å². The Hall–Kier alpha value is -7.34. The molecule has 0 aliphatic rings. The van der Waals surface area contributed by atoms with Gasteiger partial charge in [-0.15, -0.1) is 11.3 Å². The minimum Gasteiger partial charge on any atom is -0.455 e. The van der Waals surface area contributed by atoms with E-state index in [1.165, 1.54) is 32.3 Å². The third-order valence-corrected chi connectivity index (χ3v) is 16.1. The molecule has 0 saturated heterocycles. The minimum absolute atomic E-state index is 0.00690. The van der Waals surface area contributed by atoms with Crippen molar-refractivity contribution in [3.05, 3.63) is 191 Å². The molecule has 0 radical (unpaired) electrons. The number of furan rings is 2. The lowest BCUT2D eigenvalue weighted by Gasteiger charge is -2.29. The maximum absolute atomic E-state index is 7.33. The van der Waals surface area contributed by atoms with Gasteiger partial charge in [0.1, 0.15) is 22.3 Å². The standard InChI is InChI=1S/C68H64N2O2S/c1-65(2,3)41-21-29-45(30-22-41)69(46-31-23-42(24-32-46)66(4,5)6)54-39-52-49-37-38-73-64(49)53-40-55(70(47-33-25-43(26-34-47)67(7,8)9)48-35-27-44(28-36-48)68(10,11)12)59-51-18-14-16-20-57(51)72-63(59)61(53)60(52)62-58(54)50-17-13-15-19-56(50)71-62/h13-40H,1-12H3. The van der Waals surface area contributed by atoms with Crippen molar-refractivity contribution < 1.29 is 8.83 Å². The fraction of sp³-hybridized carbons (Fsp3) is 0.235. The van der Waals surface area contributed by atoms with Crippen LogP contribution in [0.3, 0.4) is 0 Å². The molecule has 0 unspecified atom stereocenters. The average molecular weight is 973 g/mol. The molecule has 0 N–H and O–H groups in total. The Bertz CT molecular complexity index is 3700. The first kappa shape index (κ1) is 46.7. The summed E-state index contributed by atoms with van der Waals surface area (Å²) < 4.78 is 15.9. The van der Waals surface area contributed by atoms with Crippen molar-refractivity contribution in [1.29, 1.82) is 0 Å². The highest BCUT2D eigenvalue weighted by Crippen LogP contribution is 2.55. The van der Waals surface area contributed by atoms with Crippen molar-refractivity contribution in [3.63, 3.8) is 0 Å². The zero-order valence-corrected chi connectivity index (χ0v) is 45.1. The van der Waals surface area contributed by atoms with Crippen molar-refractivity contribution in [2.45, 2.75) is 105 Å². The molecule has 73 heavy (non-hydrogen) atoms. The summed E-state index contributed by atoms with van der Waals surface area (Å²) >= 11 is 1.79. The summed E-state index contributed by atoms with van der Waals surface area (Å²) in [4.78, 5) is 4.89. The summed E-state index contributed by atoms with van der Waals surface area (Å²) in [6.45, 7) is 27.3. The maximum atomic E-state index is 7.33. The number of rotatable bonds is 6. The number of thiophene rings is 1. The Kier molecular flexibility index (Phi) is 10.6. The largest absolute Gasteiger partial charge is 0.455 e. The zero-order valence-electron chi connectivity index (χ0n) is 44.3. The van der Waals surface area contributed by atoms with Gasteiger partial charge in [0.15, 0.2) is 0 Å². The Morgan fingerprint density at radius 1 is 0.329 bits per heavy atom. The molecule has 0 atom stereocenters. The molecule has 0 aliphatic carbocycles. The van der Waals surface area contributed by atoms with E-state index in [0.717, 1.165) is 99.5 Å². The number of hydrogen-bond donors (Lipinski definition) is 0. The van der Waals surface area contributed by atoms with Gasteiger partial charge in [-0.05, 0) is 134 Å². The number of hydrogen-bond acceptors (Lipinski definition) is 5. The van der Waals surface area contributed by atoms with E-state index < -0.39 is 0 Å². The molecule has 0 bridgehead atoms. The topological polar surface area (TPSA) is 32.8 Å². The number of nitrogens with zero attached hydrogens (tertiary/aromatic N) is 2. The third kappa shape index (κ3) is 7.78. The number of fused-ring (bicyclic) bond motifs is 14. The quantitative estimate of drug-likeness (QED) is 0.155. The lowest BCUT2D eigenvalue weighted by Crippen LogP contribution is -2.15. The van der Waals surface area contributed by atoms with Gasteiger partial charge in [-0.25, -0.2) is 0 Å². The average Bonchev–Trinajstić information content (AvgIpc) is 4.12. The lowest BCUT2D eigenvalue weighted by molar-refractivity contribution is 0.590. The molecule has 0 saturated carbocycles. The van der Waals surface area contributed by atoms with Crippen LogP contribution in [-0.2, 0) is 21.7 Å². The molecule has 9 aromatic carbocycles. The minimum atomic E-state index is 0.00690. The van der Waals surface area contributed by atoms with Gasteiger partial charge in [0, 0.05) is 59.8 Å². The van der Waals surface area contributed by atoms with Gasteiger partial charge in [-0.1, -0.05) is 168 Å². The lowest BCUT2D eigenvalue weighted by atomic mass is 9.86. The van der Waals surface area contributed by atoms with Gasteiger partial charge in [0.25, 0.3) is 0 Å². The van der Waals surface area contributed by atoms with E-state index in [0.29, 0.717) is 0 Å². The van der Waals surface area contributed by atoms with Crippen LogP contribution in [0.5, 0.6) is 0 Å². The van der Waals surface area contributed by atoms with Crippen molar-refractivity contribution in [3.8, 4) is 0 Å². The fourth-order valence-electron chi connectivity index (χ4n) is 11.0. The molecule has 0 spiro atoms. The molecule has 3 heterocycles. The first-order chi connectivity index (χ1) is 34.7. The van der Waals surface area contributed by atoms with Gasteiger partial charge in [0.05, 0.1) is 22.1 Å². The zero-order chi connectivity index (χ0) is 50.9. The number of benzene rings is 9. The fourth-order valence-corrected chi connectivity index (χ4v) is 12.0. The monoisotopic (exact) mass is 972 g/mol. The molecule has 12 rings (SSSR count). The van der Waals surface area contributed by atoms with Gasteiger partial charge >= 0.3 is 0 Å². The molecule has 0 aliphatic heterocycles. The number of para-hydroxylation sites is 2. The van der Waals surface area contributed by atoms with Crippen LogP contribution in [-0.4, -0.2) is 0 Å². The molecule has 12 aromatic rings. The molecular weight excluding hydrogens is 909 g/mol. The first-order valence-electron chi connectivity index (χ1n) is 25.8. The normalized spacial score (nSPS) is 12.9. The van der Waals surface area contributed by atoms with Crippen LogP contribution in [0.1, 0.15) is 105 Å². The van der Waals surface area contributed by atoms with Crippen molar-refractivity contribution >= 4 is 121 Å². The van der Waals surface area contributed by atoms with Gasteiger partial charge < -0.3 is 18.6 Å². The van der Waals surface area contributed by atoms with E-state index in [4.69, 9.17) is 8.83 Å². The number of anilines is 6. The smallest absolute Gasteiger partial charge is 0.146 e. The predicted molar refractivity (Wildman–Crippen MR) is 316 cm³/mol. The second-order valence-electron chi connectivity index (χ2n) is 24.3. The highest BCUT2D eigenvalue weighted by Gasteiger charge is 2.30. The van der Waals surface area contributed by atoms with Crippen LogP contribution in [0.4, 0.5) is 34.1 Å². The molecule has 5 heteroatoms. The molecule has 4 nitrogen and oxygen atoms in total. The van der Waals surface area contributed by atoms with Gasteiger partial charge in [0.2, 0.25) is 0 Å². The Morgan fingerprint density at radius 2 is 0.658 bits per heavy atom. The Labute approximate surface area is 433 Å². The SMILES string of the molecule is CC(C)(C)c1ccc(N(c2ccc(C(C)(C)C)cc2)c2cc3c4ccsc4c4cc(N(c5ccc(C(C)(C)C)cc5)c5ccc(C(C)(C)C)cc5)c5c6ccccc6oc5c4c3c3oc4ccccc4c23)cc1. The van der Waals surface area contributed by atoms with Gasteiger partial charge in [-0.2, -0.15) is 0 Å². The van der Waals surface area contributed by atoms with Crippen LogP contribution in [0, 0.1) is 0 Å². The second kappa shape index (κ2) is 16.6. The highest BCUT2D eigenvalue weighted by molar-refractivity contribution is 7.18. The maximum Gasteiger partial charge on any atom is 0.146 e. The Morgan fingerprint density at radius 3 is 1.01 bits per heavy atom. The molecular formula is C68H64N2O2S. The molecule has 364 valence electrons. The summed E-state index contributed by atoms with van der Waals surface area (Å²) in [5.41, 5.74) is 15.0. The van der Waals surface area contributed by atoms with Crippen molar-refractivity contribution in [2.75, 3.05) is 9.80 Å². The van der Waals surface area contributed by atoms with Gasteiger partial charge in [-0.3, -0.25) is 0 Å². The van der Waals surface area contributed by atoms with Crippen LogP contribution in [0.25, 0.3) is 75.5 Å². The summed E-state index contributed by atoms with van der Waals surface area (Å²) in [5.74, 6) is 0. The van der Waals surface area contributed by atoms with E-state index >= 15 is 0 Å². The molecule has 0 amide bonds. The van der Waals surface area contributed by atoms with E-state index in [1.807, 2.05) is 0 Å². The van der Waals surface area contributed by atoms with Crippen LogP contribution in [0.15, 0.2) is 178 Å². The highest BCUT2D eigenvalue weighted by atomic mass is 32.1. The van der Waals surface area contributed by atoms with Crippen LogP contribution >= 0.6 is 11.3 Å². The first-order valence-corrected chi connectivity index (χ1v) is 26.7. The Balaban J connectivity index is 1.22. The summed E-state index contributed by atoms with van der Waals surface area (Å²) in [6, 6.07) is 60.9.